The average Bonchev–Trinajstić information content (AvgIpc) is 3.06. The van der Waals surface area contributed by atoms with E-state index in [2.05, 4.69) is 45.9 Å². The van der Waals surface area contributed by atoms with Crippen LogP contribution < -0.4 is 10.6 Å². The summed E-state index contributed by atoms with van der Waals surface area (Å²) in [7, 11) is 0. The third kappa shape index (κ3) is 2.73. The number of hydrogen-bond acceptors (Lipinski definition) is 5. The topological polar surface area (TPSA) is 49.8 Å². The molecule has 2 aromatic heterocycles. The van der Waals surface area contributed by atoms with Crippen molar-refractivity contribution in [2.24, 2.45) is 5.92 Å². The standard InChI is InChI=1S/C15H22N4S/c1-3-8-16-15-18-13(11-7-9-20-14(11)19-15)17-12-6-4-5-10(12)2/h7,9-10,12H,3-6,8H2,1-2H3,(H2,16,17,18,19). The van der Waals surface area contributed by atoms with Gasteiger partial charge in [-0.25, -0.2) is 4.98 Å². The number of rotatable bonds is 5. The van der Waals surface area contributed by atoms with Crippen LogP contribution in [0.1, 0.15) is 39.5 Å². The minimum Gasteiger partial charge on any atom is -0.366 e. The highest BCUT2D eigenvalue weighted by atomic mass is 32.1. The molecule has 0 radical (unpaired) electrons. The van der Waals surface area contributed by atoms with Crippen molar-refractivity contribution >= 4 is 33.3 Å². The van der Waals surface area contributed by atoms with E-state index in [1.54, 1.807) is 11.3 Å². The first-order chi connectivity index (χ1) is 9.78. The Balaban J connectivity index is 1.88. The van der Waals surface area contributed by atoms with Crippen LogP contribution in [0.25, 0.3) is 10.2 Å². The fraction of sp³-hybridized carbons (Fsp3) is 0.600. The predicted molar refractivity (Wildman–Crippen MR) is 86.6 cm³/mol. The van der Waals surface area contributed by atoms with E-state index in [0.717, 1.165) is 40.9 Å². The molecule has 0 bridgehead atoms. The van der Waals surface area contributed by atoms with E-state index in [9.17, 15) is 0 Å². The van der Waals surface area contributed by atoms with Crippen LogP contribution in [0.5, 0.6) is 0 Å². The van der Waals surface area contributed by atoms with Crippen molar-refractivity contribution in [3.8, 4) is 0 Å². The Labute approximate surface area is 124 Å². The maximum Gasteiger partial charge on any atom is 0.226 e. The summed E-state index contributed by atoms with van der Waals surface area (Å²) in [6, 6.07) is 2.66. The Morgan fingerprint density at radius 3 is 3.00 bits per heavy atom. The zero-order valence-corrected chi connectivity index (χ0v) is 13.0. The third-order valence-corrected chi connectivity index (χ3v) is 4.85. The van der Waals surface area contributed by atoms with Crippen molar-refractivity contribution in [1.82, 2.24) is 9.97 Å². The number of anilines is 2. The number of thiophene rings is 1. The molecule has 2 N–H and O–H groups in total. The van der Waals surface area contributed by atoms with Gasteiger partial charge < -0.3 is 10.6 Å². The van der Waals surface area contributed by atoms with Gasteiger partial charge in [0.2, 0.25) is 5.95 Å². The first-order valence-corrected chi connectivity index (χ1v) is 8.41. The van der Waals surface area contributed by atoms with Gasteiger partial charge in [-0.05, 0) is 36.6 Å². The van der Waals surface area contributed by atoms with E-state index in [1.807, 2.05) is 0 Å². The van der Waals surface area contributed by atoms with Crippen LogP contribution in [0, 0.1) is 5.92 Å². The molecule has 1 saturated carbocycles. The van der Waals surface area contributed by atoms with Crippen molar-refractivity contribution in [2.75, 3.05) is 17.2 Å². The quantitative estimate of drug-likeness (QED) is 0.870. The van der Waals surface area contributed by atoms with Crippen molar-refractivity contribution in [1.29, 1.82) is 0 Å². The summed E-state index contributed by atoms with van der Waals surface area (Å²) >= 11 is 1.68. The van der Waals surface area contributed by atoms with Gasteiger partial charge in [-0.3, -0.25) is 0 Å². The number of hydrogen-bond donors (Lipinski definition) is 2. The molecule has 2 aromatic rings. The molecule has 1 fully saturated rings. The van der Waals surface area contributed by atoms with Gasteiger partial charge in [0.1, 0.15) is 10.6 Å². The van der Waals surface area contributed by atoms with Crippen molar-refractivity contribution < 1.29 is 0 Å². The largest absolute Gasteiger partial charge is 0.366 e. The van der Waals surface area contributed by atoms with Crippen molar-refractivity contribution in [3.05, 3.63) is 11.4 Å². The lowest BCUT2D eigenvalue weighted by molar-refractivity contribution is 0.555. The van der Waals surface area contributed by atoms with E-state index < -0.39 is 0 Å². The fourth-order valence-electron chi connectivity index (χ4n) is 2.82. The summed E-state index contributed by atoms with van der Waals surface area (Å²) in [5.74, 6) is 2.47. The minimum atomic E-state index is 0.548. The summed E-state index contributed by atoms with van der Waals surface area (Å²) in [6.07, 6.45) is 4.96. The van der Waals surface area contributed by atoms with E-state index in [-0.39, 0.29) is 0 Å². The molecule has 0 spiro atoms. The second kappa shape index (κ2) is 5.95. The molecule has 5 heteroatoms. The highest BCUT2D eigenvalue weighted by Crippen LogP contribution is 2.31. The number of nitrogens with one attached hydrogen (secondary N) is 2. The highest BCUT2D eigenvalue weighted by molar-refractivity contribution is 7.16. The van der Waals surface area contributed by atoms with E-state index in [0.29, 0.717) is 6.04 Å². The van der Waals surface area contributed by atoms with Crippen LogP contribution in [0.2, 0.25) is 0 Å². The van der Waals surface area contributed by atoms with Crippen molar-refractivity contribution in [2.45, 2.75) is 45.6 Å². The third-order valence-electron chi connectivity index (χ3n) is 4.04. The molecule has 20 heavy (non-hydrogen) atoms. The van der Waals surface area contributed by atoms with Gasteiger partial charge in [0, 0.05) is 12.6 Å². The van der Waals surface area contributed by atoms with E-state index in [1.165, 1.54) is 19.3 Å². The molecule has 108 valence electrons. The van der Waals surface area contributed by atoms with Crippen LogP contribution in [0.15, 0.2) is 11.4 Å². The van der Waals surface area contributed by atoms with Crippen LogP contribution >= 0.6 is 11.3 Å². The first kappa shape index (κ1) is 13.6. The Hall–Kier alpha value is -1.36. The SMILES string of the molecule is CCCNc1nc(NC2CCCC2C)c2ccsc2n1. The zero-order valence-electron chi connectivity index (χ0n) is 12.1. The molecule has 0 aliphatic heterocycles. The molecular weight excluding hydrogens is 268 g/mol. The average molecular weight is 290 g/mol. The summed E-state index contributed by atoms with van der Waals surface area (Å²) < 4.78 is 0. The van der Waals surface area contributed by atoms with Gasteiger partial charge >= 0.3 is 0 Å². The Bertz CT molecular complexity index is 580. The Kier molecular flexibility index (Phi) is 4.05. The molecule has 2 heterocycles. The van der Waals surface area contributed by atoms with Crippen LogP contribution in [0.4, 0.5) is 11.8 Å². The maximum absolute atomic E-state index is 4.68. The molecule has 1 aliphatic rings. The molecule has 0 saturated heterocycles. The molecule has 2 atom stereocenters. The van der Waals surface area contributed by atoms with Gasteiger partial charge in [-0.1, -0.05) is 20.3 Å². The van der Waals surface area contributed by atoms with Gasteiger partial charge in [-0.2, -0.15) is 4.98 Å². The smallest absolute Gasteiger partial charge is 0.226 e. The molecular formula is C15H22N4S. The molecule has 2 unspecified atom stereocenters. The number of fused-ring (bicyclic) bond motifs is 1. The molecule has 4 nitrogen and oxygen atoms in total. The van der Waals surface area contributed by atoms with Crippen molar-refractivity contribution in [3.63, 3.8) is 0 Å². The number of nitrogens with zero attached hydrogens (tertiary/aromatic N) is 2. The van der Waals surface area contributed by atoms with Crippen LogP contribution in [-0.4, -0.2) is 22.6 Å². The molecule has 1 aliphatic carbocycles. The lowest BCUT2D eigenvalue weighted by atomic mass is 10.1. The van der Waals surface area contributed by atoms with Gasteiger partial charge in [-0.15, -0.1) is 11.3 Å². The second-order valence-electron chi connectivity index (χ2n) is 5.62. The van der Waals surface area contributed by atoms with Gasteiger partial charge in [0.25, 0.3) is 0 Å². The summed E-state index contributed by atoms with van der Waals surface area (Å²) in [6.45, 7) is 5.39. The lowest BCUT2D eigenvalue weighted by Crippen LogP contribution is -2.23. The minimum absolute atomic E-state index is 0.548. The maximum atomic E-state index is 4.68. The number of aromatic nitrogens is 2. The molecule has 0 aromatic carbocycles. The summed E-state index contributed by atoms with van der Waals surface area (Å²) in [4.78, 5) is 10.3. The van der Waals surface area contributed by atoms with Crippen LogP contribution in [-0.2, 0) is 0 Å². The van der Waals surface area contributed by atoms with Crippen LogP contribution in [0.3, 0.4) is 0 Å². The second-order valence-corrected chi connectivity index (χ2v) is 6.52. The van der Waals surface area contributed by atoms with Gasteiger partial charge in [0.05, 0.1) is 5.39 Å². The summed E-state index contributed by atoms with van der Waals surface area (Å²) in [5, 5.41) is 10.2. The highest BCUT2D eigenvalue weighted by Gasteiger charge is 2.24. The Morgan fingerprint density at radius 2 is 2.25 bits per heavy atom. The summed E-state index contributed by atoms with van der Waals surface area (Å²) in [5.41, 5.74) is 0. The zero-order chi connectivity index (χ0) is 13.9. The van der Waals surface area contributed by atoms with Gasteiger partial charge in [0.15, 0.2) is 0 Å². The normalized spacial score (nSPS) is 22.3. The van der Waals surface area contributed by atoms with E-state index in [4.69, 9.17) is 0 Å². The predicted octanol–water partition coefficient (Wildman–Crippen LogP) is 4.11. The lowest BCUT2D eigenvalue weighted by Gasteiger charge is -2.19. The molecule has 3 rings (SSSR count). The fourth-order valence-corrected chi connectivity index (χ4v) is 3.58. The Morgan fingerprint density at radius 1 is 1.35 bits per heavy atom. The van der Waals surface area contributed by atoms with E-state index >= 15 is 0 Å². The monoisotopic (exact) mass is 290 g/mol. The molecule has 0 amide bonds. The first-order valence-electron chi connectivity index (χ1n) is 7.53.